The maximum atomic E-state index is 5.55. The van der Waals surface area contributed by atoms with Gasteiger partial charge in [0, 0.05) is 0 Å². The maximum Gasteiger partial charge on any atom is 0.0786 e. The summed E-state index contributed by atoms with van der Waals surface area (Å²) in [4.78, 5) is 0. The first-order valence-corrected chi connectivity index (χ1v) is 8.29. The van der Waals surface area contributed by atoms with Crippen LogP contribution in [0.2, 0.25) is 0 Å². The van der Waals surface area contributed by atoms with E-state index in [2.05, 4.69) is 20.8 Å². The first kappa shape index (κ1) is 24.8. The molecule has 126 valence electrons. The van der Waals surface area contributed by atoms with E-state index in [0.29, 0.717) is 0 Å². The highest BCUT2D eigenvalue weighted by Gasteiger charge is 2.23. The van der Waals surface area contributed by atoms with E-state index < -0.39 is 0 Å². The van der Waals surface area contributed by atoms with Gasteiger partial charge in [0.25, 0.3) is 0 Å². The van der Waals surface area contributed by atoms with E-state index >= 15 is 0 Å². The zero-order valence-corrected chi connectivity index (χ0v) is 14.2. The van der Waals surface area contributed by atoms with Crippen LogP contribution in [0.25, 0.3) is 0 Å². The lowest BCUT2D eigenvalue weighted by Crippen LogP contribution is -2.49. The van der Waals surface area contributed by atoms with Crippen molar-refractivity contribution in [2.24, 2.45) is 5.73 Å². The highest BCUT2D eigenvalue weighted by molar-refractivity contribution is 4.49. The number of nitrogens with zero attached hydrogens (tertiary/aromatic N) is 1. The van der Waals surface area contributed by atoms with E-state index in [0.717, 1.165) is 6.54 Å². The molecule has 5 N–H and O–H groups in total. The predicted octanol–water partition coefficient (Wildman–Crippen LogP) is 2.94. The largest absolute Gasteiger partial charge is 0.870 e. The lowest BCUT2D eigenvalue weighted by atomic mass is 10.1. The van der Waals surface area contributed by atoms with Crippen molar-refractivity contribution in [2.45, 2.75) is 72.1 Å². The van der Waals surface area contributed by atoms with Crippen LogP contribution in [0.3, 0.4) is 0 Å². The van der Waals surface area contributed by atoms with Gasteiger partial charge in [0.15, 0.2) is 0 Å². The van der Waals surface area contributed by atoms with Crippen LogP contribution in [-0.2, 0) is 0 Å². The molecule has 0 fully saturated rings. The third kappa shape index (κ3) is 11.6. The van der Waals surface area contributed by atoms with Crippen LogP contribution >= 0.6 is 0 Å². The van der Waals surface area contributed by atoms with Gasteiger partial charge in [-0.05, 0) is 45.6 Å². The van der Waals surface area contributed by atoms with Crippen LogP contribution in [0.1, 0.15) is 72.1 Å². The first-order valence-electron chi connectivity index (χ1n) is 8.29. The monoisotopic (exact) mass is 292 g/mol. The van der Waals surface area contributed by atoms with Crippen LogP contribution in [0.4, 0.5) is 0 Å². The molecule has 0 saturated heterocycles. The van der Waals surface area contributed by atoms with Gasteiger partial charge in [0.2, 0.25) is 0 Å². The smallest absolute Gasteiger partial charge is 0.0786 e. The molecule has 0 amide bonds. The van der Waals surface area contributed by atoms with E-state index in [1.807, 2.05) is 0 Å². The summed E-state index contributed by atoms with van der Waals surface area (Å²) >= 11 is 0. The van der Waals surface area contributed by atoms with Crippen LogP contribution < -0.4 is 5.73 Å². The Morgan fingerprint density at radius 1 is 0.700 bits per heavy atom. The molecule has 0 radical (unpaired) electrons. The van der Waals surface area contributed by atoms with Crippen LogP contribution in [0.5, 0.6) is 0 Å². The number of quaternary nitrogens is 1. The summed E-state index contributed by atoms with van der Waals surface area (Å²) in [5, 5.41) is 0. The minimum Gasteiger partial charge on any atom is -0.870 e. The Bertz CT molecular complexity index is 170. The molecule has 0 saturated carbocycles. The van der Waals surface area contributed by atoms with Crippen molar-refractivity contribution >= 4 is 0 Å². The van der Waals surface area contributed by atoms with Crippen LogP contribution in [0.15, 0.2) is 0 Å². The zero-order valence-electron chi connectivity index (χ0n) is 14.2. The summed E-state index contributed by atoms with van der Waals surface area (Å²) in [6.45, 7) is 13.4. The highest BCUT2D eigenvalue weighted by atomic mass is 16.0. The molecule has 0 rings (SSSR count). The fourth-order valence-electron chi connectivity index (χ4n) is 2.74. The van der Waals surface area contributed by atoms with Gasteiger partial charge in [0.05, 0.1) is 26.2 Å². The Morgan fingerprint density at radius 2 is 1.15 bits per heavy atom. The fourth-order valence-corrected chi connectivity index (χ4v) is 2.74. The van der Waals surface area contributed by atoms with Crippen molar-refractivity contribution in [3.8, 4) is 0 Å². The van der Waals surface area contributed by atoms with Crippen molar-refractivity contribution < 1.29 is 15.4 Å². The van der Waals surface area contributed by atoms with E-state index in [1.54, 1.807) is 0 Å². The molecule has 0 aliphatic heterocycles. The van der Waals surface area contributed by atoms with Crippen LogP contribution in [-0.4, -0.2) is 48.2 Å². The third-order valence-corrected chi connectivity index (χ3v) is 4.23. The van der Waals surface area contributed by atoms with Crippen molar-refractivity contribution in [2.75, 3.05) is 32.7 Å². The number of rotatable bonds is 13. The first-order chi connectivity index (χ1) is 8.74. The molecule has 0 aromatic carbocycles. The second-order valence-electron chi connectivity index (χ2n) is 5.74. The molecule has 4 heteroatoms. The van der Waals surface area contributed by atoms with Gasteiger partial charge < -0.3 is 21.2 Å². The summed E-state index contributed by atoms with van der Waals surface area (Å²) in [6.07, 6.45) is 10.7. The third-order valence-electron chi connectivity index (χ3n) is 4.23. The van der Waals surface area contributed by atoms with Gasteiger partial charge in [-0.15, -0.1) is 0 Å². The predicted molar refractivity (Wildman–Crippen MR) is 88.3 cm³/mol. The number of unbranched alkanes of at least 4 members (excludes halogenated alkanes) is 5. The van der Waals surface area contributed by atoms with Crippen molar-refractivity contribution in [3.63, 3.8) is 0 Å². The minimum atomic E-state index is 0. The van der Waals surface area contributed by atoms with Gasteiger partial charge in [-0.2, -0.15) is 0 Å². The standard InChI is InChI=1S/C16H37N2.2H2O/c1-4-7-14-18(6-3,15-8-5-2)16-12-10-9-11-13-17;;/h4-17H2,1-3H3;2*1H2/q+1;;/p-1. The Balaban J connectivity index is -0.00000144. The second-order valence-corrected chi connectivity index (χ2v) is 5.74. The van der Waals surface area contributed by atoms with Gasteiger partial charge in [-0.25, -0.2) is 0 Å². The normalized spacial score (nSPS) is 10.8. The minimum absolute atomic E-state index is 0. The van der Waals surface area contributed by atoms with Crippen molar-refractivity contribution in [3.05, 3.63) is 0 Å². The average molecular weight is 293 g/mol. The molecule has 0 unspecified atom stereocenters. The SMILES string of the molecule is CCCC[N+](CC)(CCCC)CCCCCCN.O.[OH-]. The Morgan fingerprint density at radius 3 is 1.55 bits per heavy atom. The zero-order chi connectivity index (χ0) is 13.7. The summed E-state index contributed by atoms with van der Waals surface area (Å²) in [7, 11) is 0. The Kier molecular flexibility index (Phi) is 21.0. The molecule has 20 heavy (non-hydrogen) atoms. The molecule has 0 aliphatic carbocycles. The van der Waals surface area contributed by atoms with Gasteiger partial charge in [0.1, 0.15) is 0 Å². The van der Waals surface area contributed by atoms with E-state index in [4.69, 9.17) is 5.73 Å². The van der Waals surface area contributed by atoms with E-state index in [9.17, 15) is 0 Å². The molecular formula is C16H40N2O2. The molecule has 0 spiro atoms. The summed E-state index contributed by atoms with van der Waals surface area (Å²) in [5.41, 5.74) is 5.55. The topological polar surface area (TPSA) is 87.5 Å². The van der Waals surface area contributed by atoms with E-state index in [1.165, 1.54) is 82.0 Å². The molecule has 0 aromatic heterocycles. The molecule has 0 aliphatic rings. The summed E-state index contributed by atoms with van der Waals surface area (Å²) < 4.78 is 1.37. The van der Waals surface area contributed by atoms with Gasteiger partial charge in [-0.1, -0.05) is 33.1 Å². The summed E-state index contributed by atoms with van der Waals surface area (Å²) in [6, 6.07) is 0. The molecule has 4 nitrogen and oxygen atoms in total. The lowest BCUT2D eigenvalue weighted by Gasteiger charge is -2.38. The molecule has 0 aromatic rings. The van der Waals surface area contributed by atoms with Crippen molar-refractivity contribution in [1.29, 1.82) is 0 Å². The molecule has 0 heterocycles. The quantitative estimate of drug-likeness (QED) is 0.418. The fraction of sp³-hybridized carbons (Fsp3) is 1.00. The van der Waals surface area contributed by atoms with Crippen LogP contribution in [0, 0.1) is 0 Å². The number of hydrogen-bond acceptors (Lipinski definition) is 2. The Hall–Kier alpha value is -0.160. The molecular weight excluding hydrogens is 252 g/mol. The Labute approximate surface area is 126 Å². The highest BCUT2D eigenvalue weighted by Crippen LogP contribution is 2.15. The second kappa shape index (κ2) is 16.9. The maximum absolute atomic E-state index is 5.55. The van der Waals surface area contributed by atoms with Crippen molar-refractivity contribution in [1.82, 2.24) is 0 Å². The van der Waals surface area contributed by atoms with Gasteiger partial charge >= 0.3 is 0 Å². The number of hydrogen-bond donors (Lipinski definition) is 1. The number of nitrogens with two attached hydrogens (primary N) is 1. The molecule has 0 atom stereocenters. The van der Waals surface area contributed by atoms with E-state index in [-0.39, 0.29) is 11.0 Å². The average Bonchev–Trinajstić information content (AvgIpc) is 2.41. The summed E-state index contributed by atoms with van der Waals surface area (Å²) in [5.74, 6) is 0. The molecule has 0 bridgehead atoms. The van der Waals surface area contributed by atoms with Gasteiger partial charge in [-0.3, -0.25) is 0 Å². The lowest BCUT2D eigenvalue weighted by molar-refractivity contribution is -0.927.